The number of hydrogen-bond donors (Lipinski definition) is 1. The van der Waals surface area contributed by atoms with Crippen molar-refractivity contribution < 1.29 is 14.2 Å². The van der Waals surface area contributed by atoms with Gasteiger partial charge in [0.05, 0.1) is 11.6 Å². The molecule has 0 atom stereocenters. The third kappa shape index (κ3) is 2.59. The second-order valence-electron chi connectivity index (χ2n) is 2.78. The Hall–Kier alpha value is -0.800. The first-order chi connectivity index (χ1) is 6.69. The number of rotatable bonds is 4. The topological polar surface area (TPSA) is 29.5 Å². The number of benzene rings is 1. The van der Waals surface area contributed by atoms with Gasteiger partial charge < -0.3 is 9.84 Å². The van der Waals surface area contributed by atoms with Crippen molar-refractivity contribution in [1.29, 1.82) is 0 Å². The molecule has 1 rings (SSSR count). The van der Waals surface area contributed by atoms with Gasteiger partial charge in [-0.25, -0.2) is 4.39 Å². The highest BCUT2D eigenvalue weighted by atomic mass is 35.5. The maximum Gasteiger partial charge on any atom is 0.145 e. The highest BCUT2D eigenvalue weighted by molar-refractivity contribution is 6.30. The Morgan fingerprint density at radius 3 is 2.79 bits per heavy atom. The number of aliphatic hydroxyl groups excluding tert-OH is 1. The molecule has 0 aliphatic heterocycles. The van der Waals surface area contributed by atoms with Crippen molar-refractivity contribution in [2.24, 2.45) is 0 Å². The van der Waals surface area contributed by atoms with Crippen LogP contribution in [0.4, 0.5) is 4.39 Å². The van der Waals surface area contributed by atoms with Gasteiger partial charge in [0.2, 0.25) is 0 Å². The third-order valence-electron chi connectivity index (χ3n) is 1.78. The molecule has 0 saturated heterocycles. The summed E-state index contributed by atoms with van der Waals surface area (Å²) in [6.45, 7) is 2.26. The summed E-state index contributed by atoms with van der Waals surface area (Å²) in [4.78, 5) is 0. The monoisotopic (exact) mass is 218 g/mol. The molecule has 0 aliphatic rings. The lowest BCUT2D eigenvalue weighted by Crippen LogP contribution is -2.00. The number of aliphatic hydroxyl groups is 1. The van der Waals surface area contributed by atoms with E-state index in [2.05, 4.69) is 0 Å². The maximum atomic E-state index is 13.0. The zero-order valence-electron chi connectivity index (χ0n) is 7.89. The van der Waals surface area contributed by atoms with Gasteiger partial charge in [-0.2, -0.15) is 0 Å². The van der Waals surface area contributed by atoms with E-state index in [1.807, 2.05) is 6.92 Å². The van der Waals surface area contributed by atoms with Crippen LogP contribution in [-0.2, 0) is 6.42 Å². The molecule has 4 heteroatoms. The van der Waals surface area contributed by atoms with Crippen LogP contribution < -0.4 is 4.74 Å². The normalized spacial score (nSPS) is 10.3. The van der Waals surface area contributed by atoms with Crippen LogP contribution >= 0.6 is 11.6 Å². The molecule has 0 bridgehead atoms. The lowest BCUT2D eigenvalue weighted by atomic mass is 10.1. The van der Waals surface area contributed by atoms with Gasteiger partial charge in [-0.05, 0) is 25.0 Å². The maximum absolute atomic E-state index is 13.0. The first kappa shape index (κ1) is 11.3. The van der Waals surface area contributed by atoms with Crippen molar-refractivity contribution in [3.8, 4) is 5.75 Å². The summed E-state index contributed by atoms with van der Waals surface area (Å²) >= 11 is 5.61. The molecule has 1 aromatic carbocycles. The largest absolute Gasteiger partial charge is 0.493 e. The Morgan fingerprint density at radius 1 is 1.50 bits per heavy atom. The Kier molecular flexibility index (Phi) is 4.17. The lowest BCUT2D eigenvalue weighted by Gasteiger charge is -2.10. The summed E-state index contributed by atoms with van der Waals surface area (Å²) < 4.78 is 18.3. The summed E-state index contributed by atoms with van der Waals surface area (Å²) in [6, 6.07) is 2.73. The minimum atomic E-state index is -0.503. The Morgan fingerprint density at radius 2 is 2.21 bits per heavy atom. The van der Waals surface area contributed by atoms with Crippen molar-refractivity contribution in [3.63, 3.8) is 0 Å². The van der Waals surface area contributed by atoms with E-state index in [0.29, 0.717) is 18.8 Å². The van der Waals surface area contributed by atoms with Gasteiger partial charge in [-0.15, -0.1) is 0 Å². The van der Waals surface area contributed by atoms with E-state index < -0.39 is 5.82 Å². The fraction of sp³-hybridized carbons (Fsp3) is 0.400. The van der Waals surface area contributed by atoms with Gasteiger partial charge in [0.25, 0.3) is 0 Å². The van der Waals surface area contributed by atoms with Crippen LogP contribution in [-0.4, -0.2) is 18.3 Å². The third-order valence-corrected chi connectivity index (χ3v) is 2.07. The molecule has 0 amide bonds. The molecule has 0 spiro atoms. The Bertz CT molecular complexity index is 284. The fourth-order valence-electron chi connectivity index (χ4n) is 1.18. The molecular formula is C10H12ClFO2. The van der Waals surface area contributed by atoms with Crippen molar-refractivity contribution in [1.82, 2.24) is 0 Å². The Balaban J connectivity index is 3.03. The molecule has 0 fully saturated rings. The highest BCUT2D eigenvalue weighted by Gasteiger charge is 2.08. The van der Waals surface area contributed by atoms with Crippen LogP contribution in [0.1, 0.15) is 12.5 Å². The summed E-state index contributed by atoms with van der Waals surface area (Å²) in [5, 5.41) is 8.83. The van der Waals surface area contributed by atoms with Gasteiger partial charge >= 0.3 is 0 Å². The average Bonchev–Trinajstić information content (AvgIpc) is 2.14. The molecule has 78 valence electrons. The molecule has 1 aromatic rings. The molecule has 1 N–H and O–H groups in total. The van der Waals surface area contributed by atoms with Crippen molar-refractivity contribution in [3.05, 3.63) is 28.5 Å². The highest BCUT2D eigenvalue weighted by Crippen LogP contribution is 2.26. The SMILES string of the molecule is CCOc1cc(F)c(Cl)cc1CCO. The summed E-state index contributed by atoms with van der Waals surface area (Å²) in [6.07, 6.45) is 0.412. The van der Waals surface area contributed by atoms with E-state index in [0.717, 1.165) is 5.56 Å². The van der Waals surface area contributed by atoms with E-state index in [-0.39, 0.29) is 11.6 Å². The zero-order chi connectivity index (χ0) is 10.6. The zero-order valence-corrected chi connectivity index (χ0v) is 8.64. The van der Waals surface area contributed by atoms with Crippen LogP contribution in [0.15, 0.2) is 12.1 Å². The van der Waals surface area contributed by atoms with E-state index in [4.69, 9.17) is 21.4 Å². The molecule has 14 heavy (non-hydrogen) atoms. The minimum Gasteiger partial charge on any atom is -0.493 e. The van der Waals surface area contributed by atoms with E-state index in [9.17, 15) is 4.39 Å². The van der Waals surface area contributed by atoms with Crippen molar-refractivity contribution in [2.75, 3.05) is 13.2 Å². The lowest BCUT2D eigenvalue weighted by molar-refractivity contribution is 0.292. The van der Waals surface area contributed by atoms with Gasteiger partial charge in [-0.3, -0.25) is 0 Å². The fourth-order valence-corrected chi connectivity index (χ4v) is 1.36. The molecule has 0 saturated carbocycles. The van der Waals surface area contributed by atoms with E-state index >= 15 is 0 Å². The van der Waals surface area contributed by atoms with Crippen LogP contribution in [0.3, 0.4) is 0 Å². The summed E-state index contributed by atoms with van der Waals surface area (Å²) in [5.41, 5.74) is 0.723. The van der Waals surface area contributed by atoms with E-state index in [1.54, 1.807) is 0 Å². The van der Waals surface area contributed by atoms with Crippen LogP contribution in [0.5, 0.6) is 5.75 Å². The molecule has 0 heterocycles. The predicted octanol–water partition coefficient (Wildman–Crippen LogP) is 2.41. The second-order valence-corrected chi connectivity index (χ2v) is 3.19. The Labute approximate surface area is 87.3 Å². The van der Waals surface area contributed by atoms with Crippen LogP contribution in [0.25, 0.3) is 0 Å². The molecule has 2 nitrogen and oxygen atoms in total. The summed E-state index contributed by atoms with van der Waals surface area (Å²) in [7, 11) is 0. The van der Waals surface area contributed by atoms with Crippen molar-refractivity contribution >= 4 is 11.6 Å². The van der Waals surface area contributed by atoms with Gasteiger partial charge in [0.15, 0.2) is 0 Å². The van der Waals surface area contributed by atoms with Crippen molar-refractivity contribution in [2.45, 2.75) is 13.3 Å². The van der Waals surface area contributed by atoms with Gasteiger partial charge in [0, 0.05) is 12.7 Å². The molecular weight excluding hydrogens is 207 g/mol. The molecule has 0 unspecified atom stereocenters. The molecule has 0 radical (unpaired) electrons. The van der Waals surface area contributed by atoms with Gasteiger partial charge in [-0.1, -0.05) is 11.6 Å². The number of ether oxygens (including phenoxy) is 1. The van der Waals surface area contributed by atoms with Crippen LogP contribution in [0, 0.1) is 5.82 Å². The number of halogens is 2. The quantitative estimate of drug-likeness (QED) is 0.841. The first-order valence-electron chi connectivity index (χ1n) is 4.40. The first-order valence-corrected chi connectivity index (χ1v) is 4.78. The predicted molar refractivity (Wildman–Crippen MR) is 53.4 cm³/mol. The standard InChI is InChI=1S/C10H12ClFO2/c1-2-14-10-6-9(12)8(11)5-7(10)3-4-13/h5-6,13H,2-4H2,1H3. The minimum absolute atomic E-state index is 0.0119. The second kappa shape index (κ2) is 5.17. The summed E-state index contributed by atoms with van der Waals surface area (Å²) in [5.74, 6) is -0.0553. The average molecular weight is 219 g/mol. The molecule has 0 aromatic heterocycles. The van der Waals surface area contributed by atoms with Gasteiger partial charge in [0.1, 0.15) is 11.6 Å². The number of hydrogen-bond acceptors (Lipinski definition) is 2. The van der Waals surface area contributed by atoms with Crippen LogP contribution in [0.2, 0.25) is 5.02 Å². The molecule has 0 aliphatic carbocycles. The smallest absolute Gasteiger partial charge is 0.145 e. The van der Waals surface area contributed by atoms with E-state index in [1.165, 1.54) is 12.1 Å².